The van der Waals surface area contributed by atoms with Crippen LogP contribution >= 0.6 is 22.6 Å². The maximum Gasteiger partial charge on any atom is 0.509 e. The van der Waals surface area contributed by atoms with E-state index in [0.29, 0.717) is 41.9 Å². The molecule has 9 heteroatoms. The third-order valence-electron chi connectivity index (χ3n) is 6.73. The van der Waals surface area contributed by atoms with Gasteiger partial charge < -0.3 is 22.6 Å². The lowest BCUT2D eigenvalue weighted by Gasteiger charge is -2.34. The highest BCUT2D eigenvalue weighted by Gasteiger charge is 2.31. The van der Waals surface area contributed by atoms with Crippen molar-refractivity contribution >= 4 is 41.1 Å². The molecular formula is C26H24BF3IN2O2-. The monoisotopic (exact) mass is 591 g/mol. The van der Waals surface area contributed by atoms with Gasteiger partial charge in [0.1, 0.15) is 6.61 Å². The molecule has 0 spiro atoms. The van der Waals surface area contributed by atoms with Gasteiger partial charge >= 0.3 is 13.1 Å². The van der Waals surface area contributed by atoms with Gasteiger partial charge in [0.05, 0.1) is 0 Å². The zero-order valence-electron chi connectivity index (χ0n) is 19.0. The predicted octanol–water partition coefficient (Wildman–Crippen LogP) is 5.41. The van der Waals surface area contributed by atoms with Gasteiger partial charge in [0.15, 0.2) is 0 Å². The minimum atomic E-state index is -5.03. The smallest absolute Gasteiger partial charge is 0.448 e. The molecule has 182 valence electrons. The van der Waals surface area contributed by atoms with Gasteiger partial charge in [-0.15, -0.1) is 5.46 Å². The van der Waals surface area contributed by atoms with Crippen LogP contribution in [0.4, 0.5) is 17.7 Å². The number of ether oxygens (including phenoxy) is 1. The van der Waals surface area contributed by atoms with Gasteiger partial charge in [0.25, 0.3) is 0 Å². The highest BCUT2D eigenvalue weighted by atomic mass is 127. The first-order valence-corrected chi connectivity index (χ1v) is 12.7. The third-order valence-corrected chi connectivity index (χ3v) is 7.35. The second-order valence-corrected chi connectivity index (χ2v) is 10.3. The van der Waals surface area contributed by atoms with E-state index in [4.69, 9.17) is 4.74 Å². The Morgan fingerprint density at radius 1 is 0.914 bits per heavy atom. The zero-order valence-corrected chi connectivity index (χ0v) is 21.1. The van der Waals surface area contributed by atoms with Crippen LogP contribution in [0.15, 0.2) is 66.7 Å². The number of carbonyl (C=O) groups is 1. The molecule has 0 bridgehead atoms. The van der Waals surface area contributed by atoms with E-state index in [2.05, 4.69) is 29.2 Å². The molecule has 2 aliphatic rings. The van der Waals surface area contributed by atoms with E-state index in [0.717, 1.165) is 0 Å². The van der Waals surface area contributed by atoms with Gasteiger partial charge in [-0.2, -0.15) is 0 Å². The van der Waals surface area contributed by atoms with Crippen molar-refractivity contribution in [2.45, 2.75) is 12.5 Å². The molecule has 0 radical (unpaired) electrons. The SMILES string of the molecule is O=C(OCC1c2ccccc2-c2ccccc21)N1CCN(Cc2cc(I)cc([B-](F)(F)F)c2)CC1. The van der Waals surface area contributed by atoms with E-state index in [1.807, 2.05) is 46.9 Å². The number of amides is 1. The fourth-order valence-corrected chi connectivity index (χ4v) is 5.75. The lowest BCUT2D eigenvalue weighted by atomic mass is 9.79. The van der Waals surface area contributed by atoms with Crippen molar-refractivity contribution in [3.8, 4) is 11.1 Å². The van der Waals surface area contributed by atoms with Crippen LogP contribution in [-0.4, -0.2) is 55.7 Å². The van der Waals surface area contributed by atoms with Crippen molar-refractivity contribution in [1.29, 1.82) is 0 Å². The molecule has 0 atom stereocenters. The topological polar surface area (TPSA) is 32.8 Å². The zero-order chi connectivity index (χ0) is 24.6. The molecule has 0 aromatic heterocycles. The summed E-state index contributed by atoms with van der Waals surface area (Å²) in [4.78, 5) is 16.6. The summed E-state index contributed by atoms with van der Waals surface area (Å²) in [5.74, 6) is 0.0117. The number of hydrogen-bond acceptors (Lipinski definition) is 3. The average Bonchev–Trinajstić information content (AvgIpc) is 3.16. The van der Waals surface area contributed by atoms with Crippen molar-refractivity contribution in [3.63, 3.8) is 0 Å². The number of rotatable bonds is 5. The molecule has 1 saturated heterocycles. The fraction of sp³-hybridized carbons (Fsp3) is 0.269. The van der Waals surface area contributed by atoms with Gasteiger partial charge in [-0.05, 0) is 56.5 Å². The Morgan fingerprint density at radius 2 is 1.51 bits per heavy atom. The Bertz CT molecular complexity index is 1200. The summed E-state index contributed by atoms with van der Waals surface area (Å²) >= 11 is 1.92. The molecule has 35 heavy (non-hydrogen) atoms. The van der Waals surface area contributed by atoms with E-state index in [1.54, 1.807) is 11.0 Å². The molecule has 1 heterocycles. The van der Waals surface area contributed by atoms with Crippen molar-refractivity contribution < 1.29 is 22.5 Å². The van der Waals surface area contributed by atoms with Gasteiger partial charge in [-0.1, -0.05) is 60.7 Å². The summed E-state index contributed by atoms with van der Waals surface area (Å²) < 4.78 is 45.9. The van der Waals surface area contributed by atoms with Crippen molar-refractivity contribution in [2.24, 2.45) is 0 Å². The summed E-state index contributed by atoms with van der Waals surface area (Å²) in [6.45, 7) is -2.19. The predicted molar refractivity (Wildman–Crippen MR) is 140 cm³/mol. The van der Waals surface area contributed by atoms with Crippen LogP contribution in [0.1, 0.15) is 22.6 Å². The normalized spacial score (nSPS) is 16.2. The Balaban J connectivity index is 1.17. The first-order valence-electron chi connectivity index (χ1n) is 11.6. The number of nitrogens with zero attached hydrogens (tertiary/aromatic N) is 2. The molecule has 1 fully saturated rings. The Kier molecular flexibility index (Phi) is 6.81. The molecular weight excluding hydrogens is 567 g/mol. The number of hydrogen-bond donors (Lipinski definition) is 0. The first kappa shape index (κ1) is 24.2. The summed E-state index contributed by atoms with van der Waals surface area (Å²) in [5.41, 5.74) is 4.78. The molecule has 3 aromatic rings. The Labute approximate surface area is 216 Å². The van der Waals surface area contributed by atoms with Crippen molar-refractivity contribution in [1.82, 2.24) is 9.80 Å². The first-order chi connectivity index (χ1) is 16.8. The highest BCUT2D eigenvalue weighted by molar-refractivity contribution is 14.1. The van der Waals surface area contributed by atoms with E-state index >= 15 is 0 Å². The van der Waals surface area contributed by atoms with E-state index in [1.165, 1.54) is 34.4 Å². The van der Waals surface area contributed by atoms with Gasteiger partial charge in [0, 0.05) is 42.2 Å². The van der Waals surface area contributed by atoms with Crippen molar-refractivity contribution in [2.75, 3.05) is 32.8 Å². The number of piperazine rings is 1. The van der Waals surface area contributed by atoms with Crippen molar-refractivity contribution in [3.05, 3.63) is 87.0 Å². The number of benzene rings is 3. The fourth-order valence-electron chi connectivity index (χ4n) is 4.99. The molecule has 5 rings (SSSR count). The summed E-state index contributed by atoms with van der Waals surface area (Å²) in [6, 6.07) is 20.6. The van der Waals surface area contributed by atoms with Crippen LogP contribution in [0.3, 0.4) is 0 Å². The Hall–Kier alpha value is -2.53. The summed E-state index contributed by atoms with van der Waals surface area (Å²) in [7, 11) is 0. The van der Waals surface area contributed by atoms with Crippen LogP contribution < -0.4 is 5.46 Å². The Morgan fingerprint density at radius 3 is 2.11 bits per heavy atom. The van der Waals surface area contributed by atoms with Crippen LogP contribution in [-0.2, 0) is 11.3 Å². The second kappa shape index (κ2) is 9.85. The van der Waals surface area contributed by atoms with Gasteiger partial charge in [-0.25, -0.2) is 4.79 Å². The maximum atomic E-state index is 13.2. The molecule has 0 N–H and O–H groups in total. The van der Waals surface area contributed by atoms with Crippen LogP contribution in [0.5, 0.6) is 0 Å². The van der Waals surface area contributed by atoms with E-state index in [-0.39, 0.29) is 18.6 Å². The number of fused-ring (bicyclic) bond motifs is 3. The quantitative estimate of drug-likeness (QED) is 0.294. The van der Waals surface area contributed by atoms with Crippen LogP contribution in [0, 0.1) is 3.57 Å². The summed E-state index contributed by atoms with van der Waals surface area (Å²) in [5, 5.41) is 0. The molecule has 1 aliphatic carbocycles. The van der Waals surface area contributed by atoms with E-state index < -0.39 is 12.4 Å². The lowest BCUT2D eigenvalue weighted by Crippen LogP contribution is -2.48. The van der Waals surface area contributed by atoms with E-state index in [9.17, 15) is 17.7 Å². The summed E-state index contributed by atoms with van der Waals surface area (Å²) in [6.07, 6.45) is -0.345. The molecule has 0 unspecified atom stereocenters. The molecule has 1 aliphatic heterocycles. The average molecular weight is 591 g/mol. The lowest BCUT2D eigenvalue weighted by molar-refractivity contribution is 0.0728. The highest BCUT2D eigenvalue weighted by Crippen LogP contribution is 2.44. The molecule has 3 aromatic carbocycles. The molecule has 1 amide bonds. The maximum absolute atomic E-state index is 13.2. The minimum Gasteiger partial charge on any atom is -0.448 e. The second-order valence-electron chi connectivity index (χ2n) is 9.03. The number of carbonyl (C=O) groups excluding carboxylic acids is 1. The van der Waals surface area contributed by atoms with Gasteiger partial charge in [-0.3, -0.25) is 4.90 Å². The van der Waals surface area contributed by atoms with Crippen LogP contribution in [0.25, 0.3) is 11.1 Å². The number of halogens is 4. The molecule has 4 nitrogen and oxygen atoms in total. The standard InChI is InChI=1S/C26H24BF3IN2O2/c28-27(29,30)19-13-18(14-20(31)15-19)16-32-9-11-33(12-10-32)26(34)35-17-25-23-7-3-1-5-21(23)22-6-2-4-8-24(22)25/h1-8,13-15,25H,9-12,16-17H2/q-1. The third kappa shape index (κ3) is 5.21. The molecule has 0 saturated carbocycles. The van der Waals surface area contributed by atoms with Crippen LogP contribution in [0.2, 0.25) is 0 Å². The largest absolute Gasteiger partial charge is 0.509 e. The van der Waals surface area contributed by atoms with Gasteiger partial charge in [0.2, 0.25) is 0 Å². The minimum absolute atomic E-state index is 0.0117.